The van der Waals surface area contributed by atoms with E-state index in [-0.39, 0.29) is 0 Å². The Kier molecular flexibility index (Phi) is 3.98. The molecular formula is C9H21N3. The van der Waals surface area contributed by atoms with Crippen molar-refractivity contribution >= 4 is 0 Å². The fourth-order valence-corrected chi connectivity index (χ4v) is 1.41. The molecular weight excluding hydrogens is 150 g/mol. The monoisotopic (exact) mass is 171 g/mol. The molecule has 1 rings (SSSR count). The molecule has 0 N–H and O–H groups in total. The first kappa shape index (κ1) is 9.96. The summed E-state index contributed by atoms with van der Waals surface area (Å²) in [7, 11) is 6.47. The highest BCUT2D eigenvalue weighted by atomic mass is 15.3. The number of piperazine rings is 1. The van der Waals surface area contributed by atoms with Gasteiger partial charge in [-0.1, -0.05) is 0 Å². The van der Waals surface area contributed by atoms with E-state index in [0.29, 0.717) is 0 Å². The van der Waals surface area contributed by atoms with Crippen LogP contribution in [-0.4, -0.2) is 75.1 Å². The molecule has 3 nitrogen and oxygen atoms in total. The Labute approximate surface area is 75.9 Å². The Morgan fingerprint density at radius 3 is 2.17 bits per heavy atom. The minimum atomic E-state index is 1.18. The molecule has 1 heterocycles. The maximum Gasteiger partial charge on any atom is 0.0110 e. The maximum atomic E-state index is 2.54. The van der Waals surface area contributed by atoms with Crippen LogP contribution < -0.4 is 0 Å². The molecule has 0 atom stereocenters. The van der Waals surface area contributed by atoms with Gasteiger partial charge in [0.25, 0.3) is 0 Å². The van der Waals surface area contributed by atoms with Crippen molar-refractivity contribution in [3.8, 4) is 0 Å². The first-order chi connectivity index (χ1) is 5.68. The summed E-state index contributed by atoms with van der Waals surface area (Å²) < 4.78 is 0. The van der Waals surface area contributed by atoms with E-state index in [9.17, 15) is 0 Å². The highest BCUT2D eigenvalue weighted by Crippen LogP contribution is 1.97. The molecule has 1 aliphatic heterocycles. The van der Waals surface area contributed by atoms with Crippen molar-refractivity contribution in [3.05, 3.63) is 0 Å². The molecule has 0 spiro atoms. The zero-order valence-corrected chi connectivity index (χ0v) is 8.58. The molecule has 0 aromatic carbocycles. The van der Waals surface area contributed by atoms with E-state index in [1.165, 1.54) is 39.3 Å². The van der Waals surface area contributed by atoms with E-state index in [1.54, 1.807) is 0 Å². The van der Waals surface area contributed by atoms with Gasteiger partial charge in [0, 0.05) is 39.3 Å². The number of hydrogen-bond acceptors (Lipinski definition) is 3. The van der Waals surface area contributed by atoms with Crippen molar-refractivity contribution in [1.29, 1.82) is 0 Å². The molecule has 3 heteroatoms. The second-order valence-electron chi connectivity index (χ2n) is 3.95. The van der Waals surface area contributed by atoms with Crippen molar-refractivity contribution in [2.75, 3.05) is 60.4 Å². The van der Waals surface area contributed by atoms with Gasteiger partial charge in [0.05, 0.1) is 0 Å². The fourth-order valence-electron chi connectivity index (χ4n) is 1.41. The van der Waals surface area contributed by atoms with Gasteiger partial charge in [0.1, 0.15) is 0 Å². The lowest BCUT2D eigenvalue weighted by molar-refractivity contribution is 0.145. The molecule has 0 aliphatic carbocycles. The third-order valence-corrected chi connectivity index (χ3v) is 2.46. The van der Waals surface area contributed by atoms with Crippen LogP contribution in [0, 0.1) is 0 Å². The summed E-state index contributed by atoms with van der Waals surface area (Å²) in [4.78, 5) is 7.18. The molecule has 12 heavy (non-hydrogen) atoms. The van der Waals surface area contributed by atoms with Gasteiger partial charge in [-0.15, -0.1) is 0 Å². The molecule has 0 aromatic heterocycles. The largest absolute Gasteiger partial charge is 0.308 e. The second-order valence-corrected chi connectivity index (χ2v) is 3.95. The van der Waals surface area contributed by atoms with Crippen molar-refractivity contribution in [3.63, 3.8) is 0 Å². The Bertz CT molecular complexity index is 117. The van der Waals surface area contributed by atoms with Crippen molar-refractivity contribution in [1.82, 2.24) is 14.7 Å². The molecule has 1 fully saturated rings. The molecule has 0 unspecified atom stereocenters. The van der Waals surface area contributed by atoms with Gasteiger partial charge >= 0.3 is 0 Å². The Morgan fingerprint density at radius 1 is 1.08 bits per heavy atom. The predicted octanol–water partition coefficient (Wildman–Crippen LogP) is -0.205. The van der Waals surface area contributed by atoms with E-state index in [1.807, 2.05) is 0 Å². The highest BCUT2D eigenvalue weighted by Gasteiger charge is 2.12. The fraction of sp³-hybridized carbons (Fsp3) is 1.00. The van der Waals surface area contributed by atoms with E-state index in [4.69, 9.17) is 0 Å². The van der Waals surface area contributed by atoms with Crippen LogP contribution in [0.4, 0.5) is 0 Å². The zero-order chi connectivity index (χ0) is 8.97. The average Bonchev–Trinajstić information content (AvgIpc) is 2.03. The summed E-state index contributed by atoms with van der Waals surface area (Å²) >= 11 is 0. The van der Waals surface area contributed by atoms with Gasteiger partial charge in [-0.3, -0.25) is 4.90 Å². The first-order valence-corrected chi connectivity index (χ1v) is 4.74. The van der Waals surface area contributed by atoms with E-state index in [0.717, 1.165) is 0 Å². The lowest BCUT2D eigenvalue weighted by atomic mass is 10.3. The first-order valence-electron chi connectivity index (χ1n) is 4.74. The molecule has 72 valence electrons. The van der Waals surface area contributed by atoms with Gasteiger partial charge in [-0.25, -0.2) is 0 Å². The average molecular weight is 171 g/mol. The van der Waals surface area contributed by atoms with E-state index in [2.05, 4.69) is 35.8 Å². The second kappa shape index (κ2) is 4.80. The zero-order valence-electron chi connectivity index (χ0n) is 8.58. The Morgan fingerprint density at radius 2 is 1.67 bits per heavy atom. The maximum absolute atomic E-state index is 2.54. The van der Waals surface area contributed by atoms with Crippen LogP contribution >= 0.6 is 0 Å². The Balaban J connectivity index is 2.09. The summed E-state index contributed by atoms with van der Waals surface area (Å²) in [5.74, 6) is 0. The van der Waals surface area contributed by atoms with Crippen molar-refractivity contribution in [2.45, 2.75) is 0 Å². The van der Waals surface area contributed by atoms with E-state index < -0.39 is 0 Å². The summed E-state index contributed by atoms with van der Waals surface area (Å²) in [5, 5.41) is 0. The van der Waals surface area contributed by atoms with Crippen molar-refractivity contribution < 1.29 is 0 Å². The Hall–Kier alpha value is -0.120. The molecule has 0 aromatic rings. The molecule has 0 saturated carbocycles. The number of rotatable bonds is 3. The van der Waals surface area contributed by atoms with Crippen LogP contribution in [0.5, 0.6) is 0 Å². The van der Waals surface area contributed by atoms with Crippen LogP contribution in [0.25, 0.3) is 0 Å². The van der Waals surface area contributed by atoms with Crippen LogP contribution in [0.1, 0.15) is 0 Å². The summed E-state index contributed by atoms with van der Waals surface area (Å²) in [5.41, 5.74) is 0. The SMILES string of the molecule is CN(C)CCN1CCN(C)CC1. The van der Waals surface area contributed by atoms with Crippen LogP contribution in [0.2, 0.25) is 0 Å². The van der Waals surface area contributed by atoms with Gasteiger partial charge < -0.3 is 9.80 Å². The molecule has 0 bridgehead atoms. The molecule has 0 radical (unpaired) electrons. The van der Waals surface area contributed by atoms with Gasteiger partial charge in [-0.2, -0.15) is 0 Å². The lowest BCUT2D eigenvalue weighted by Crippen LogP contribution is -2.46. The minimum Gasteiger partial charge on any atom is -0.308 e. The third kappa shape index (κ3) is 3.52. The van der Waals surface area contributed by atoms with Crippen LogP contribution in [0.3, 0.4) is 0 Å². The normalized spacial score (nSPS) is 22.0. The number of nitrogens with zero attached hydrogens (tertiary/aromatic N) is 3. The molecule has 1 saturated heterocycles. The van der Waals surface area contributed by atoms with E-state index >= 15 is 0 Å². The number of likely N-dealkylation sites (N-methyl/N-ethyl adjacent to an activating group) is 2. The quantitative estimate of drug-likeness (QED) is 0.582. The summed E-state index contributed by atoms with van der Waals surface area (Å²) in [6.45, 7) is 7.35. The topological polar surface area (TPSA) is 9.72 Å². The predicted molar refractivity (Wildman–Crippen MR) is 52.5 cm³/mol. The summed E-state index contributed by atoms with van der Waals surface area (Å²) in [6.07, 6.45) is 0. The smallest absolute Gasteiger partial charge is 0.0110 e. The van der Waals surface area contributed by atoms with Gasteiger partial charge in [-0.05, 0) is 21.1 Å². The summed E-state index contributed by atoms with van der Waals surface area (Å²) in [6, 6.07) is 0. The lowest BCUT2D eigenvalue weighted by Gasteiger charge is -2.32. The molecule has 1 aliphatic rings. The number of hydrogen-bond donors (Lipinski definition) is 0. The van der Waals surface area contributed by atoms with Crippen LogP contribution in [0.15, 0.2) is 0 Å². The van der Waals surface area contributed by atoms with Gasteiger partial charge in [0.2, 0.25) is 0 Å². The van der Waals surface area contributed by atoms with Crippen LogP contribution in [-0.2, 0) is 0 Å². The van der Waals surface area contributed by atoms with Gasteiger partial charge in [0.15, 0.2) is 0 Å². The molecule has 0 amide bonds. The highest BCUT2D eigenvalue weighted by molar-refractivity contribution is 4.69. The standard InChI is InChI=1S/C9H21N3/c1-10(2)4-7-12-8-5-11(3)6-9-12/h4-9H2,1-3H3. The minimum absolute atomic E-state index is 1.18. The van der Waals surface area contributed by atoms with Crippen molar-refractivity contribution in [2.24, 2.45) is 0 Å². The third-order valence-electron chi connectivity index (χ3n) is 2.46.